The van der Waals surface area contributed by atoms with Crippen molar-refractivity contribution in [1.29, 1.82) is 0 Å². The van der Waals surface area contributed by atoms with Crippen molar-refractivity contribution in [3.8, 4) is 5.75 Å². The molecule has 7 aliphatic rings. The van der Waals surface area contributed by atoms with Crippen molar-refractivity contribution in [2.24, 2.45) is 11.8 Å². The Bertz CT molecular complexity index is 1890. The van der Waals surface area contributed by atoms with Gasteiger partial charge in [-0.1, -0.05) is 85.4 Å². The largest absolute Gasteiger partial charge is 0.496 e. The van der Waals surface area contributed by atoms with E-state index in [2.05, 4.69) is 95.2 Å². The standard InChI is InChI=1S/C39H46N4O2.2C2H6.CH2O2.2CH4O.CH4/c1-5-25-17-24-20-38(24)22-37(6-2,34-27(21-43(25)38)26-11-7-8-12-30(26)40-34)29-18-28-31(19-33(29)45-4)41(3)36-32(44)16-23-10-9-14-42-15-13-39(28,36)35(23)42;2*1-2;2-1-3;2*1-2;/h7-12,17-19,23-24,32,35-36,40,44H,5-6,13-16,20-22H2,1-4H3;2*1-2H3;1H,(H,2,3);2*2H,1H3;1H4/t23?,24?,32?,35?,36?,37-,38?,39?;;;;;;/m1....../s1. The number of hydrogen-bond donors (Lipinski definition) is 5. The smallest absolute Gasteiger partial charge is 0.290 e. The number of rotatable bonds is 4. The summed E-state index contributed by atoms with van der Waals surface area (Å²) in [5, 5.41) is 34.1. The Hall–Kier alpha value is -3.83. The molecule has 0 bridgehead atoms. The summed E-state index contributed by atoms with van der Waals surface area (Å²) in [4.78, 5) is 20.4. The van der Waals surface area contributed by atoms with Crippen LogP contribution in [0, 0.1) is 11.8 Å². The molecular weight excluding hydrogens is 717 g/mol. The molecule has 2 aromatic carbocycles. The van der Waals surface area contributed by atoms with Crippen molar-refractivity contribution in [3.05, 3.63) is 82.7 Å². The minimum Gasteiger partial charge on any atom is -0.496 e. The molecule has 5 aliphatic heterocycles. The Morgan fingerprint density at radius 2 is 1.70 bits per heavy atom. The van der Waals surface area contributed by atoms with E-state index in [0.717, 1.165) is 71.7 Å². The van der Waals surface area contributed by atoms with Crippen molar-refractivity contribution in [2.75, 3.05) is 46.4 Å². The molecule has 2 spiro atoms. The number of aliphatic hydroxyl groups excluding tert-OH is 3. The van der Waals surface area contributed by atoms with Crippen molar-refractivity contribution in [3.63, 3.8) is 0 Å². The molecule has 5 N–H and O–H groups in total. The average Bonchev–Trinajstić information content (AvgIpc) is 3.47. The predicted molar refractivity (Wildman–Crippen MR) is 233 cm³/mol. The van der Waals surface area contributed by atoms with Crippen molar-refractivity contribution < 1.29 is 30.0 Å². The molecule has 2 saturated carbocycles. The first-order chi connectivity index (χ1) is 27.3. The van der Waals surface area contributed by atoms with Crippen LogP contribution < -0.4 is 9.64 Å². The molecule has 6 heterocycles. The van der Waals surface area contributed by atoms with Gasteiger partial charge in [-0.25, -0.2) is 0 Å². The van der Waals surface area contributed by atoms with Crippen LogP contribution in [-0.4, -0.2) is 107 Å². The van der Waals surface area contributed by atoms with Gasteiger partial charge in [-0.3, -0.25) is 9.69 Å². The number of methoxy groups -OCH3 is 1. The number of hydrogen-bond acceptors (Lipinski definition) is 8. The summed E-state index contributed by atoms with van der Waals surface area (Å²) < 4.78 is 6.44. The monoisotopic (exact) mass is 789 g/mol. The number of carbonyl (C=O) groups is 1. The second-order valence-electron chi connectivity index (χ2n) is 15.5. The topological polar surface area (TPSA) is 133 Å². The molecule has 10 rings (SSSR count). The third-order valence-corrected chi connectivity index (χ3v) is 14.0. The van der Waals surface area contributed by atoms with Gasteiger partial charge in [-0.05, 0) is 68.7 Å². The number of fused-ring (bicyclic) bond motifs is 4. The summed E-state index contributed by atoms with van der Waals surface area (Å²) in [5.74, 6) is 2.03. The van der Waals surface area contributed by atoms with Gasteiger partial charge in [0.2, 0.25) is 0 Å². The SMILES string of the molecule is C.CC.CC.CCC1=CC2CC23C[C@](CC)(c2cc4c(cc2OC)N(C)C2C(O)CC5C=CCN6CCC42C56)c2[nH]c4ccccc4c2CN13.CO.CO.O=CO. The molecule has 7 unspecified atom stereocenters. The van der Waals surface area contributed by atoms with Crippen molar-refractivity contribution in [2.45, 2.75) is 129 Å². The van der Waals surface area contributed by atoms with E-state index in [1.807, 2.05) is 34.8 Å². The van der Waals surface area contributed by atoms with Gasteiger partial charge >= 0.3 is 0 Å². The summed E-state index contributed by atoms with van der Waals surface area (Å²) in [6, 6.07) is 14.4. The number of aliphatic hydroxyl groups is 3. The summed E-state index contributed by atoms with van der Waals surface area (Å²) in [7, 11) is 6.09. The molecule has 1 aromatic heterocycles. The highest BCUT2D eigenvalue weighted by Crippen LogP contribution is 2.67. The average molecular weight is 789 g/mol. The number of H-pyrrole nitrogens is 1. The predicted octanol–water partition coefficient (Wildman–Crippen LogP) is 7.83. The van der Waals surface area contributed by atoms with E-state index in [-0.39, 0.29) is 42.4 Å². The first kappa shape index (κ1) is 45.9. The lowest BCUT2D eigenvalue weighted by Gasteiger charge is -2.52. The minimum atomic E-state index is -0.351. The Labute approximate surface area is 342 Å². The molecule has 0 radical (unpaired) electrons. The van der Waals surface area contributed by atoms with Crippen LogP contribution in [0.1, 0.15) is 110 Å². The number of anilines is 1. The van der Waals surface area contributed by atoms with Gasteiger partial charge in [0.05, 0.1) is 19.3 Å². The number of nitrogens with zero attached hydrogens (tertiary/aromatic N) is 3. The maximum atomic E-state index is 11.8. The quantitative estimate of drug-likeness (QED) is 0.133. The van der Waals surface area contributed by atoms with Crippen LogP contribution in [-0.2, 0) is 22.2 Å². The van der Waals surface area contributed by atoms with Crippen LogP contribution in [0.15, 0.2) is 60.3 Å². The normalized spacial score (nSPS) is 31.2. The summed E-state index contributed by atoms with van der Waals surface area (Å²) >= 11 is 0. The molecule has 2 aliphatic carbocycles. The maximum absolute atomic E-state index is 11.8. The number of aromatic nitrogens is 1. The Morgan fingerprint density at radius 1 is 1.02 bits per heavy atom. The highest BCUT2D eigenvalue weighted by atomic mass is 16.5. The number of para-hydroxylation sites is 1. The zero-order chi connectivity index (χ0) is 41.2. The van der Waals surface area contributed by atoms with Crippen LogP contribution in [0.5, 0.6) is 5.75 Å². The second-order valence-corrected chi connectivity index (χ2v) is 15.5. The lowest BCUT2D eigenvalue weighted by Crippen LogP contribution is -2.63. The van der Waals surface area contributed by atoms with E-state index in [1.54, 1.807) is 0 Å². The first-order valence-electron chi connectivity index (χ1n) is 20.9. The molecule has 8 atom stereocenters. The number of benzene rings is 2. The molecule has 0 amide bonds. The lowest BCUT2D eigenvalue weighted by molar-refractivity contribution is -0.122. The number of nitrogens with one attached hydrogen (secondary N) is 1. The molecule has 10 heteroatoms. The van der Waals surface area contributed by atoms with Crippen molar-refractivity contribution >= 4 is 23.1 Å². The molecule has 10 nitrogen and oxygen atoms in total. The summed E-state index contributed by atoms with van der Waals surface area (Å²) in [5.41, 5.74) is 9.54. The first-order valence-corrected chi connectivity index (χ1v) is 20.9. The van der Waals surface area contributed by atoms with E-state index in [4.69, 9.17) is 24.9 Å². The van der Waals surface area contributed by atoms with Gasteiger partial charge in [-0.15, -0.1) is 0 Å². The molecule has 3 aromatic rings. The fourth-order valence-corrected chi connectivity index (χ4v) is 12.1. The molecule has 316 valence electrons. The maximum Gasteiger partial charge on any atom is 0.290 e. The van der Waals surface area contributed by atoms with Gasteiger partial charge in [-0.2, -0.15) is 0 Å². The Morgan fingerprint density at radius 3 is 2.35 bits per heavy atom. The number of allylic oxidation sites excluding steroid dienone is 1. The van der Waals surface area contributed by atoms with Crippen molar-refractivity contribution in [1.82, 2.24) is 14.8 Å². The summed E-state index contributed by atoms with van der Waals surface area (Å²) in [6.45, 7) is 15.6. The van der Waals surface area contributed by atoms with E-state index in [0.29, 0.717) is 17.9 Å². The van der Waals surface area contributed by atoms with Crippen LogP contribution in [0.25, 0.3) is 10.9 Å². The van der Waals surface area contributed by atoms with Gasteiger partial charge in [0.15, 0.2) is 0 Å². The van der Waals surface area contributed by atoms with Gasteiger partial charge < -0.3 is 39.9 Å². The van der Waals surface area contributed by atoms with Crippen LogP contribution in [0.2, 0.25) is 0 Å². The van der Waals surface area contributed by atoms with Crippen LogP contribution in [0.3, 0.4) is 0 Å². The number of ether oxygens (including phenoxy) is 1. The number of aromatic amines is 1. The Kier molecular flexibility index (Phi) is 14.8. The third kappa shape index (κ3) is 6.59. The lowest BCUT2D eigenvalue weighted by atomic mass is 9.59. The van der Waals surface area contributed by atoms with Gasteiger partial charge in [0, 0.05) is 108 Å². The van der Waals surface area contributed by atoms with Crippen LogP contribution in [0.4, 0.5) is 5.69 Å². The highest BCUT2D eigenvalue weighted by Gasteiger charge is 2.68. The van der Waals surface area contributed by atoms with E-state index in [9.17, 15) is 5.11 Å². The molecule has 57 heavy (non-hydrogen) atoms. The Balaban J connectivity index is 0.000000553. The number of carboxylic acid groups (broad SMARTS) is 1. The molecule has 1 saturated heterocycles. The van der Waals surface area contributed by atoms with Gasteiger partial charge in [0.1, 0.15) is 5.75 Å². The molecular formula is C47H72N4O6. The fourth-order valence-electron chi connectivity index (χ4n) is 12.1. The van der Waals surface area contributed by atoms with E-state index >= 15 is 0 Å². The molecule has 3 fully saturated rings. The van der Waals surface area contributed by atoms with E-state index in [1.165, 1.54) is 51.1 Å². The fraction of sp³-hybridized carbons (Fsp3) is 0.596. The van der Waals surface area contributed by atoms with E-state index < -0.39 is 0 Å². The van der Waals surface area contributed by atoms with Gasteiger partial charge in [0.25, 0.3) is 6.47 Å². The highest BCUT2D eigenvalue weighted by molar-refractivity contribution is 5.86. The van der Waals surface area contributed by atoms with Crippen LogP contribution >= 0.6 is 0 Å². The minimum absolute atomic E-state index is 0. The number of likely N-dealkylation sites (N-methyl/N-ethyl adjacent to an activating group) is 1. The summed E-state index contributed by atoms with van der Waals surface area (Å²) in [6.07, 6.45) is 13.4. The zero-order valence-electron chi connectivity index (χ0n) is 35.5. The second kappa shape index (κ2) is 18.4. The zero-order valence-corrected chi connectivity index (χ0v) is 35.5. The third-order valence-electron chi connectivity index (χ3n) is 14.0.